The van der Waals surface area contributed by atoms with Crippen LogP contribution >= 0.6 is 11.6 Å². The van der Waals surface area contributed by atoms with Crippen molar-refractivity contribution in [2.75, 3.05) is 0 Å². The van der Waals surface area contributed by atoms with Gasteiger partial charge in [0.1, 0.15) is 11.6 Å². The smallest absolute Gasteiger partial charge is 0.386 e. The molecule has 9 heteroatoms. The van der Waals surface area contributed by atoms with Crippen molar-refractivity contribution in [2.24, 2.45) is 0 Å². The van der Waals surface area contributed by atoms with Crippen molar-refractivity contribution in [3.8, 4) is 11.9 Å². The van der Waals surface area contributed by atoms with Crippen LogP contribution in [0, 0.1) is 11.3 Å². The highest BCUT2D eigenvalue weighted by Crippen LogP contribution is 2.30. The molecular formula is C9H4ClF5N2O. The average molecular weight is 287 g/mol. The van der Waals surface area contributed by atoms with Crippen LogP contribution in [0.1, 0.15) is 23.2 Å². The number of pyridine rings is 1. The molecule has 1 rings (SSSR count). The second-order valence-electron chi connectivity index (χ2n) is 2.97. The van der Waals surface area contributed by atoms with Crippen molar-refractivity contribution in [3.05, 3.63) is 22.9 Å². The largest absolute Gasteiger partial charge is 0.574 e. The van der Waals surface area contributed by atoms with Crippen molar-refractivity contribution in [1.29, 1.82) is 5.26 Å². The molecule has 1 heterocycles. The van der Waals surface area contributed by atoms with E-state index in [0.29, 0.717) is 6.07 Å². The maximum absolute atomic E-state index is 12.5. The van der Waals surface area contributed by atoms with E-state index in [4.69, 9.17) is 16.9 Å². The van der Waals surface area contributed by atoms with Crippen LogP contribution < -0.4 is 4.74 Å². The molecule has 0 spiro atoms. The molecule has 0 radical (unpaired) electrons. The predicted octanol–water partition coefficient (Wildman–Crippen LogP) is 3.53. The van der Waals surface area contributed by atoms with Gasteiger partial charge < -0.3 is 4.74 Å². The lowest BCUT2D eigenvalue weighted by Crippen LogP contribution is -2.19. The number of nitriles is 1. The van der Waals surface area contributed by atoms with Crippen LogP contribution in [0.3, 0.4) is 0 Å². The molecule has 0 aliphatic carbocycles. The third kappa shape index (κ3) is 3.43. The first-order chi connectivity index (χ1) is 8.28. The fraction of sp³-hybridized carbons (Fsp3) is 0.333. The highest BCUT2D eigenvalue weighted by Gasteiger charge is 2.34. The average Bonchev–Trinajstić information content (AvgIpc) is 2.25. The summed E-state index contributed by atoms with van der Waals surface area (Å²) in [6.45, 7) is 0. The Morgan fingerprint density at radius 3 is 2.44 bits per heavy atom. The predicted molar refractivity (Wildman–Crippen MR) is 50.1 cm³/mol. The minimum Gasteiger partial charge on any atom is -0.386 e. The molecule has 0 atom stereocenters. The summed E-state index contributed by atoms with van der Waals surface area (Å²) in [5.41, 5.74) is -1.91. The molecule has 0 unspecified atom stereocenters. The number of hydrogen-bond acceptors (Lipinski definition) is 3. The minimum atomic E-state index is -5.07. The van der Waals surface area contributed by atoms with E-state index in [2.05, 4.69) is 9.72 Å². The maximum Gasteiger partial charge on any atom is 0.574 e. The number of rotatable bonds is 3. The first-order valence-corrected chi connectivity index (χ1v) is 4.85. The fourth-order valence-corrected chi connectivity index (χ4v) is 1.33. The van der Waals surface area contributed by atoms with E-state index >= 15 is 0 Å². The maximum atomic E-state index is 12.5. The Labute approximate surface area is 103 Å². The van der Waals surface area contributed by atoms with Crippen molar-refractivity contribution in [2.45, 2.75) is 18.7 Å². The first kappa shape index (κ1) is 14.4. The molecule has 1 aromatic rings. The van der Waals surface area contributed by atoms with Gasteiger partial charge in [-0.3, -0.25) is 0 Å². The standard InChI is InChI=1S/C9H4ClF5N2O/c10-2-6-5(7(11)12)1-4(3-16)8(17-6)18-9(13,14)15/h1,7H,2H2. The van der Waals surface area contributed by atoms with Gasteiger partial charge in [-0.2, -0.15) is 5.26 Å². The normalized spacial score (nSPS) is 11.4. The summed E-state index contributed by atoms with van der Waals surface area (Å²) in [6, 6.07) is 1.88. The van der Waals surface area contributed by atoms with Crippen molar-refractivity contribution < 1.29 is 26.7 Å². The van der Waals surface area contributed by atoms with E-state index in [0.717, 1.165) is 0 Å². The van der Waals surface area contributed by atoms with Crippen LogP contribution in [-0.4, -0.2) is 11.3 Å². The molecule has 0 amide bonds. The number of aromatic nitrogens is 1. The summed E-state index contributed by atoms with van der Waals surface area (Å²) in [7, 11) is 0. The van der Waals surface area contributed by atoms with Crippen molar-refractivity contribution in [3.63, 3.8) is 0 Å². The molecule has 0 N–H and O–H groups in total. The number of hydrogen-bond donors (Lipinski definition) is 0. The summed E-state index contributed by atoms with van der Waals surface area (Å²) in [6.07, 6.45) is -8.08. The van der Waals surface area contributed by atoms with Gasteiger partial charge in [-0.1, -0.05) is 0 Å². The molecule has 98 valence electrons. The molecule has 0 aliphatic heterocycles. The van der Waals surface area contributed by atoms with Crippen molar-refractivity contribution >= 4 is 11.6 Å². The number of alkyl halides is 6. The Morgan fingerprint density at radius 1 is 1.44 bits per heavy atom. The SMILES string of the molecule is N#Cc1cc(C(F)F)c(CCl)nc1OC(F)(F)F. The van der Waals surface area contributed by atoms with Crippen LogP contribution in [0.25, 0.3) is 0 Å². The van der Waals surface area contributed by atoms with Crippen LogP contribution in [0.2, 0.25) is 0 Å². The summed E-state index contributed by atoms with van der Waals surface area (Å²) in [4.78, 5) is 3.19. The second kappa shape index (κ2) is 5.35. The van der Waals surface area contributed by atoms with E-state index < -0.39 is 41.4 Å². The second-order valence-corrected chi connectivity index (χ2v) is 3.24. The molecule has 0 aliphatic rings. The van der Waals surface area contributed by atoms with E-state index in [-0.39, 0.29) is 0 Å². The van der Waals surface area contributed by atoms with E-state index in [1.165, 1.54) is 6.07 Å². The topological polar surface area (TPSA) is 45.9 Å². The number of halogens is 6. The molecule has 0 saturated heterocycles. The van der Waals surface area contributed by atoms with Crippen LogP contribution in [0.15, 0.2) is 6.07 Å². The Hall–Kier alpha value is -1.62. The van der Waals surface area contributed by atoms with Gasteiger partial charge in [0.2, 0.25) is 5.88 Å². The Morgan fingerprint density at radius 2 is 2.06 bits per heavy atom. The van der Waals surface area contributed by atoms with Gasteiger partial charge in [-0.25, -0.2) is 13.8 Å². The molecule has 0 fully saturated rings. The first-order valence-electron chi connectivity index (χ1n) is 4.32. The number of nitrogens with zero attached hydrogens (tertiary/aromatic N) is 2. The molecule has 1 aromatic heterocycles. The van der Waals surface area contributed by atoms with Crippen LogP contribution in [0.4, 0.5) is 22.0 Å². The fourth-order valence-electron chi connectivity index (χ4n) is 1.11. The molecule has 0 aromatic carbocycles. The third-order valence-corrected chi connectivity index (χ3v) is 2.05. The van der Waals surface area contributed by atoms with Gasteiger partial charge >= 0.3 is 6.36 Å². The monoisotopic (exact) mass is 286 g/mol. The molecular weight excluding hydrogens is 283 g/mol. The zero-order valence-corrected chi connectivity index (χ0v) is 9.19. The van der Waals surface area contributed by atoms with Gasteiger partial charge in [-0.15, -0.1) is 24.8 Å². The van der Waals surface area contributed by atoms with Crippen LogP contribution in [0.5, 0.6) is 5.88 Å². The Balaban J connectivity index is 3.32. The van der Waals surface area contributed by atoms with Gasteiger partial charge in [0, 0.05) is 5.56 Å². The third-order valence-electron chi connectivity index (χ3n) is 1.79. The highest BCUT2D eigenvalue weighted by atomic mass is 35.5. The van der Waals surface area contributed by atoms with E-state index in [1.807, 2.05) is 0 Å². The van der Waals surface area contributed by atoms with Crippen LogP contribution in [-0.2, 0) is 5.88 Å². The highest BCUT2D eigenvalue weighted by molar-refractivity contribution is 6.17. The summed E-state index contributed by atoms with van der Waals surface area (Å²) < 4.78 is 64.5. The summed E-state index contributed by atoms with van der Waals surface area (Å²) >= 11 is 5.30. The van der Waals surface area contributed by atoms with E-state index in [9.17, 15) is 22.0 Å². The number of ether oxygens (including phenoxy) is 1. The summed E-state index contributed by atoms with van der Waals surface area (Å²) in [5, 5.41) is 8.57. The minimum absolute atomic E-state index is 0.468. The quantitative estimate of drug-likeness (QED) is 0.631. The molecule has 18 heavy (non-hydrogen) atoms. The van der Waals surface area contributed by atoms with E-state index in [1.54, 1.807) is 0 Å². The van der Waals surface area contributed by atoms with Gasteiger partial charge in [0.15, 0.2) is 0 Å². The molecule has 0 saturated carbocycles. The lowest BCUT2D eigenvalue weighted by atomic mass is 10.1. The lowest BCUT2D eigenvalue weighted by molar-refractivity contribution is -0.276. The Bertz CT molecular complexity index is 483. The van der Waals surface area contributed by atoms with Gasteiger partial charge in [-0.05, 0) is 6.07 Å². The Kier molecular flexibility index (Phi) is 4.29. The summed E-state index contributed by atoms with van der Waals surface area (Å²) in [5.74, 6) is -1.62. The van der Waals surface area contributed by atoms with Crippen molar-refractivity contribution in [1.82, 2.24) is 4.98 Å². The zero-order valence-electron chi connectivity index (χ0n) is 8.43. The lowest BCUT2D eigenvalue weighted by Gasteiger charge is -2.12. The molecule has 0 bridgehead atoms. The molecule has 3 nitrogen and oxygen atoms in total. The van der Waals surface area contributed by atoms with Gasteiger partial charge in [0.25, 0.3) is 6.43 Å². The zero-order chi connectivity index (χ0) is 13.9. The van der Waals surface area contributed by atoms with Gasteiger partial charge in [0.05, 0.1) is 11.6 Å².